The van der Waals surface area contributed by atoms with Crippen molar-refractivity contribution in [3.8, 4) is 6.07 Å². The number of fused-ring (bicyclic) bond motifs is 2. The third-order valence-corrected chi connectivity index (χ3v) is 7.03. The number of nitriles is 1. The molecule has 2 bridgehead atoms. The van der Waals surface area contributed by atoms with Crippen LogP contribution in [-0.4, -0.2) is 35.7 Å². The molecule has 0 aromatic heterocycles. The van der Waals surface area contributed by atoms with Crippen LogP contribution in [0, 0.1) is 33.4 Å². The number of carbonyl (C=O) groups excluding carboxylic acids is 1. The number of halogens is 1. The Morgan fingerprint density at radius 2 is 2.17 bits per heavy atom. The molecule has 0 spiro atoms. The second kappa shape index (κ2) is 8.37. The normalized spacial score (nSPS) is 26.1. The van der Waals surface area contributed by atoms with Crippen molar-refractivity contribution in [2.24, 2.45) is 10.8 Å². The molecule has 2 fully saturated rings. The van der Waals surface area contributed by atoms with Crippen molar-refractivity contribution in [1.82, 2.24) is 4.90 Å². The lowest BCUT2D eigenvalue weighted by molar-refractivity contribution is -0.144. The number of rotatable bonds is 6. The number of carbonyl (C=O) groups is 1. The minimum Gasteiger partial charge on any atom is -0.387 e. The zero-order valence-electron chi connectivity index (χ0n) is 18.5. The maximum Gasteiger partial charge on any atom is 0.224 e. The van der Waals surface area contributed by atoms with Crippen LogP contribution in [0.3, 0.4) is 0 Å². The summed E-state index contributed by atoms with van der Waals surface area (Å²) in [4.78, 5) is 15.5. The zero-order valence-corrected chi connectivity index (χ0v) is 18.5. The predicted octanol–water partition coefficient (Wildman–Crippen LogP) is 5.12. The Balaban J connectivity index is 1.84. The number of likely N-dealkylation sites (tertiary alicyclic amines) is 1. The Morgan fingerprint density at radius 1 is 1.43 bits per heavy atom. The molecule has 3 unspecified atom stereocenters. The quantitative estimate of drug-likeness (QED) is 0.637. The van der Waals surface area contributed by atoms with Gasteiger partial charge in [-0.25, -0.2) is 4.39 Å². The number of nitrogens with one attached hydrogen (secondary N) is 2. The van der Waals surface area contributed by atoms with Gasteiger partial charge < -0.3 is 15.6 Å². The van der Waals surface area contributed by atoms with Crippen LogP contribution in [0.5, 0.6) is 0 Å². The molecule has 1 aromatic rings. The van der Waals surface area contributed by atoms with Crippen LogP contribution in [-0.2, 0) is 4.79 Å². The molecule has 6 heteroatoms. The first-order valence-corrected chi connectivity index (χ1v) is 11.0. The van der Waals surface area contributed by atoms with Crippen LogP contribution in [0.15, 0.2) is 18.2 Å². The molecular formula is C24H33FN4O. The highest BCUT2D eigenvalue weighted by Crippen LogP contribution is 2.48. The molecule has 1 saturated heterocycles. The molecular weight excluding hydrogens is 379 g/mol. The predicted molar refractivity (Wildman–Crippen MR) is 117 cm³/mol. The van der Waals surface area contributed by atoms with E-state index < -0.39 is 11.2 Å². The van der Waals surface area contributed by atoms with E-state index in [1.165, 1.54) is 6.07 Å². The van der Waals surface area contributed by atoms with E-state index >= 15 is 0 Å². The minimum absolute atomic E-state index is 0.0115. The maximum absolute atomic E-state index is 14.6. The highest BCUT2D eigenvalue weighted by atomic mass is 19.1. The summed E-state index contributed by atoms with van der Waals surface area (Å²) in [7, 11) is 1.70. The van der Waals surface area contributed by atoms with Crippen molar-refractivity contribution >= 4 is 17.3 Å². The lowest BCUT2D eigenvalue weighted by Gasteiger charge is -2.52. The van der Waals surface area contributed by atoms with Gasteiger partial charge in [0.25, 0.3) is 0 Å². The van der Waals surface area contributed by atoms with Gasteiger partial charge in [-0.05, 0) is 50.7 Å². The summed E-state index contributed by atoms with van der Waals surface area (Å²) in [6.07, 6.45) is 5.28. The second-order valence-electron chi connectivity index (χ2n) is 9.56. The van der Waals surface area contributed by atoms with E-state index in [-0.39, 0.29) is 41.1 Å². The van der Waals surface area contributed by atoms with Gasteiger partial charge in [-0.15, -0.1) is 0 Å². The second-order valence-corrected chi connectivity index (χ2v) is 9.56. The fourth-order valence-electron chi connectivity index (χ4n) is 5.38. The van der Waals surface area contributed by atoms with Gasteiger partial charge in [0.1, 0.15) is 5.82 Å². The fourth-order valence-corrected chi connectivity index (χ4v) is 5.38. The molecule has 1 heterocycles. The monoisotopic (exact) mass is 412 g/mol. The number of anilines is 1. The summed E-state index contributed by atoms with van der Waals surface area (Å²) in [5.41, 5.74) is -0.210. The van der Waals surface area contributed by atoms with Crippen molar-refractivity contribution < 1.29 is 9.18 Å². The molecule has 30 heavy (non-hydrogen) atoms. The molecule has 2 N–H and O–H groups in total. The van der Waals surface area contributed by atoms with E-state index in [2.05, 4.69) is 18.3 Å². The van der Waals surface area contributed by atoms with Crippen LogP contribution in [0.4, 0.5) is 10.1 Å². The SMILES string of the molecule is CCC1CC2(C#N)CCCC(C2)N1C(=O)CC(C)(C)C(=N)c1c(F)cccc1NC. The molecule has 3 atom stereocenters. The summed E-state index contributed by atoms with van der Waals surface area (Å²) in [6, 6.07) is 7.41. The number of hydrogen-bond donors (Lipinski definition) is 2. The summed E-state index contributed by atoms with van der Waals surface area (Å²) in [6.45, 7) is 5.75. The topological polar surface area (TPSA) is 80.0 Å². The first kappa shape index (κ1) is 22.3. The van der Waals surface area contributed by atoms with Crippen molar-refractivity contribution in [1.29, 1.82) is 10.7 Å². The van der Waals surface area contributed by atoms with Gasteiger partial charge in [-0.1, -0.05) is 26.8 Å². The molecule has 1 aliphatic heterocycles. The van der Waals surface area contributed by atoms with Crippen molar-refractivity contribution in [2.45, 2.75) is 77.8 Å². The van der Waals surface area contributed by atoms with Crippen molar-refractivity contribution in [3.63, 3.8) is 0 Å². The Kier molecular flexibility index (Phi) is 6.21. The third kappa shape index (κ3) is 3.95. The highest BCUT2D eigenvalue weighted by Gasteiger charge is 2.49. The van der Waals surface area contributed by atoms with Crippen molar-refractivity contribution in [3.05, 3.63) is 29.6 Å². The molecule has 1 saturated carbocycles. The van der Waals surface area contributed by atoms with E-state index in [1.54, 1.807) is 19.2 Å². The average molecular weight is 413 g/mol. The molecule has 0 radical (unpaired) electrons. The molecule has 1 aliphatic carbocycles. The van der Waals surface area contributed by atoms with E-state index in [0.29, 0.717) is 5.69 Å². The number of amides is 1. The van der Waals surface area contributed by atoms with Gasteiger partial charge in [-0.3, -0.25) is 4.79 Å². The molecule has 162 valence electrons. The van der Waals surface area contributed by atoms with Gasteiger partial charge in [0.05, 0.1) is 17.0 Å². The number of piperidine rings is 1. The molecule has 5 nitrogen and oxygen atoms in total. The smallest absolute Gasteiger partial charge is 0.224 e. The Hall–Kier alpha value is -2.42. The molecule has 3 rings (SSSR count). The van der Waals surface area contributed by atoms with Gasteiger partial charge in [-0.2, -0.15) is 5.26 Å². The largest absolute Gasteiger partial charge is 0.387 e. The lowest BCUT2D eigenvalue weighted by atomic mass is 9.65. The fraction of sp³-hybridized carbons (Fsp3) is 0.625. The van der Waals surface area contributed by atoms with Crippen LogP contribution in [0.2, 0.25) is 0 Å². The van der Waals surface area contributed by atoms with Gasteiger partial charge in [0, 0.05) is 42.4 Å². The Bertz CT molecular complexity index is 872. The molecule has 1 amide bonds. The highest BCUT2D eigenvalue weighted by molar-refractivity contribution is 6.08. The van der Waals surface area contributed by atoms with E-state index in [4.69, 9.17) is 5.41 Å². The van der Waals surface area contributed by atoms with Gasteiger partial charge >= 0.3 is 0 Å². The first-order chi connectivity index (χ1) is 14.2. The number of hydrogen-bond acceptors (Lipinski definition) is 4. The first-order valence-electron chi connectivity index (χ1n) is 11.0. The van der Waals surface area contributed by atoms with E-state index in [1.807, 2.05) is 18.7 Å². The van der Waals surface area contributed by atoms with Crippen LogP contribution >= 0.6 is 0 Å². The summed E-state index contributed by atoms with van der Waals surface area (Å²) in [5, 5.41) is 21.4. The Morgan fingerprint density at radius 3 is 2.80 bits per heavy atom. The van der Waals surface area contributed by atoms with Crippen LogP contribution in [0.25, 0.3) is 0 Å². The maximum atomic E-state index is 14.6. The summed E-state index contributed by atoms with van der Waals surface area (Å²) >= 11 is 0. The summed E-state index contributed by atoms with van der Waals surface area (Å²) in [5.74, 6) is -0.444. The Labute approximate surface area is 179 Å². The average Bonchev–Trinajstić information content (AvgIpc) is 2.72. The van der Waals surface area contributed by atoms with E-state index in [9.17, 15) is 14.4 Å². The minimum atomic E-state index is -0.818. The van der Waals surface area contributed by atoms with Crippen LogP contribution < -0.4 is 5.32 Å². The number of nitrogens with zero attached hydrogens (tertiary/aromatic N) is 2. The standard InChI is InChI=1S/C24H33FN4O/c1-5-16-12-24(15-26)11-7-8-17(13-24)29(16)20(30)14-23(2,3)22(27)21-18(25)9-6-10-19(21)28-4/h6,9-10,16-17,27-28H,5,7-8,11-14H2,1-4H3. The summed E-state index contributed by atoms with van der Waals surface area (Å²) < 4.78 is 14.6. The molecule has 2 aliphatic rings. The zero-order chi connectivity index (χ0) is 22.1. The van der Waals surface area contributed by atoms with E-state index in [0.717, 1.165) is 38.5 Å². The molecule has 1 aromatic carbocycles. The van der Waals surface area contributed by atoms with Crippen LogP contribution in [0.1, 0.15) is 71.3 Å². The van der Waals surface area contributed by atoms with Gasteiger partial charge in [0.15, 0.2) is 0 Å². The lowest BCUT2D eigenvalue weighted by Crippen LogP contribution is -2.57. The van der Waals surface area contributed by atoms with Gasteiger partial charge in [0.2, 0.25) is 5.91 Å². The van der Waals surface area contributed by atoms with Crippen molar-refractivity contribution in [2.75, 3.05) is 12.4 Å². The third-order valence-electron chi connectivity index (χ3n) is 7.03. The number of benzene rings is 1.